The molecule has 28 heavy (non-hydrogen) atoms. The van der Waals surface area contributed by atoms with Gasteiger partial charge in [0.25, 0.3) is 5.91 Å². The number of hydrogen-bond donors (Lipinski definition) is 1. The van der Waals surface area contributed by atoms with Crippen molar-refractivity contribution in [2.24, 2.45) is 4.99 Å². The molecule has 2 atom stereocenters. The van der Waals surface area contributed by atoms with E-state index >= 15 is 0 Å². The minimum Gasteiger partial charge on any atom is -0.340 e. The van der Waals surface area contributed by atoms with Crippen LogP contribution in [0.5, 0.6) is 0 Å². The third kappa shape index (κ3) is 3.30. The second kappa shape index (κ2) is 7.38. The van der Waals surface area contributed by atoms with Crippen LogP contribution in [0.15, 0.2) is 29.3 Å². The number of aliphatic imine (C=N–C) groups is 1. The SMILES string of the molecule is CCN1CCN(C2=NC3C(C(=O)NC(=O)N3C)N2Cc2ccc(F)cc2)CC1. The van der Waals surface area contributed by atoms with Gasteiger partial charge in [-0.3, -0.25) is 10.1 Å². The van der Waals surface area contributed by atoms with Gasteiger partial charge in [-0.25, -0.2) is 14.2 Å². The number of benzene rings is 1. The molecular formula is C19H25FN6O2. The Morgan fingerprint density at radius 2 is 1.82 bits per heavy atom. The number of nitrogens with zero attached hydrogens (tertiary/aromatic N) is 5. The molecule has 0 radical (unpaired) electrons. The molecule has 3 heterocycles. The van der Waals surface area contributed by atoms with Gasteiger partial charge < -0.3 is 19.6 Å². The topological polar surface area (TPSA) is 71.5 Å². The Bertz CT molecular complexity index is 790. The molecule has 0 aromatic heterocycles. The number of imide groups is 1. The molecule has 3 amide bonds. The molecule has 3 aliphatic heterocycles. The molecule has 1 N–H and O–H groups in total. The summed E-state index contributed by atoms with van der Waals surface area (Å²) >= 11 is 0. The van der Waals surface area contributed by atoms with Crippen LogP contribution >= 0.6 is 0 Å². The predicted octanol–water partition coefficient (Wildman–Crippen LogP) is 0.511. The van der Waals surface area contributed by atoms with Crippen molar-refractivity contribution in [1.29, 1.82) is 0 Å². The zero-order valence-electron chi connectivity index (χ0n) is 16.1. The Kier molecular flexibility index (Phi) is 4.92. The molecule has 2 saturated heterocycles. The van der Waals surface area contributed by atoms with Crippen molar-refractivity contribution in [3.63, 3.8) is 0 Å². The van der Waals surface area contributed by atoms with Crippen LogP contribution in [-0.4, -0.2) is 89.5 Å². The lowest BCUT2D eigenvalue weighted by atomic mass is 10.1. The molecule has 1 aromatic rings. The minimum absolute atomic E-state index is 0.298. The van der Waals surface area contributed by atoms with E-state index in [0.29, 0.717) is 6.54 Å². The highest BCUT2D eigenvalue weighted by molar-refractivity contribution is 6.03. The lowest BCUT2D eigenvalue weighted by molar-refractivity contribution is -0.127. The van der Waals surface area contributed by atoms with Crippen LogP contribution in [0.1, 0.15) is 12.5 Å². The zero-order valence-corrected chi connectivity index (χ0v) is 16.1. The third-order valence-corrected chi connectivity index (χ3v) is 5.71. The molecule has 9 heteroatoms. The van der Waals surface area contributed by atoms with Gasteiger partial charge in [-0.1, -0.05) is 19.1 Å². The molecule has 2 fully saturated rings. The lowest BCUT2D eigenvalue weighted by Crippen LogP contribution is -2.64. The van der Waals surface area contributed by atoms with Gasteiger partial charge in [0.1, 0.15) is 5.82 Å². The Morgan fingerprint density at radius 1 is 1.14 bits per heavy atom. The van der Waals surface area contributed by atoms with Crippen LogP contribution in [-0.2, 0) is 11.3 Å². The summed E-state index contributed by atoms with van der Waals surface area (Å²) in [6.45, 7) is 7.04. The summed E-state index contributed by atoms with van der Waals surface area (Å²) in [5.74, 6) is 0.0845. The Morgan fingerprint density at radius 3 is 2.46 bits per heavy atom. The highest BCUT2D eigenvalue weighted by atomic mass is 19.1. The maximum atomic E-state index is 13.3. The minimum atomic E-state index is -0.591. The summed E-state index contributed by atoms with van der Waals surface area (Å²) < 4.78 is 13.3. The van der Waals surface area contributed by atoms with Crippen molar-refractivity contribution in [2.75, 3.05) is 39.8 Å². The van der Waals surface area contributed by atoms with E-state index in [1.54, 1.807) is 19.2 Å². The number of nitrogens with one attached hydrogen (secondary N) is 1. The summed E-state index contributed by atoms with van der Waals surface area (Å²) in [4.78, 5) is 37.5. The van der Waals surface area contributed by atoms with E-state index in [4.69, 9.17) is 4.99 Å². The molecule has 4 rings (SSSR count). The number of carbonyl (C=O) groups is 2. The first kappa shape index (κ1) is 18.7. The normalized spacial score (nSPS) is 25.7. The van der Waals surface area contributed by atoms with Crippen molar-refractivity contribution in [2.45, 2.75) is 25.7 Å². The van der Waals surface area contributed by atoms with E-state index < -0.39 is 18.2 Å². The molecule has 3 aliphatic rings. The van der Waals surface area contributed by atoms with Crippen LogP contribution in [0, 0.1) is 5.82 Å². The van der Waals surface area contributed by atoms with Crippen molar-refractivity contribution in [3.8, 4) is 0 Å². The summed E-state index contributed by atoms with van der Waals surface area (Å²) in [5.41, 5.74) is 0.884. The summed E-state index contributed by atoms with van der Waals surface area (Å²) in [6.07, 6.45) is -0.555. The standard InChI is InChI=1S/C19H25FN6O2/c1-3-24-8-10-25(11-9-24)18-21-16-15(17(27)22-19(28)23(16)2)26(18)12-13-4-6-14(20)7-5-13/h4-7,15-16H,3,8-12H2,1-2H3,(H,22,27,28). The fraction of sp³-hybridized carbons (Fsp3) is 0.526. The molecule has 1 aromatic carbocycles. The molecule has 8 nitrogen and oxygen atoms in total. The van der Waals surface area contributed by atoms with Crippen molar-refractivity contribution < 1.29 is 14.0 Å². The van der Waals surface area contributed by atoms with Gasteiger partial charge in [0, 0.05) is 39.8 Å². The molecule has 0 bridgehead atoms. The highest BCUT2D eigenvalue weighted by Gasteiger charge is 2.49. The fourth-order valence-electron chi connectivity index (χ4n) is 3.99. The zero-order chi connectivity index (χ0) is 19.8. The van der Waals surface area contributed by atoms with Crippen LogP contribution in [0.4, 0.5) is 9.18 Å². The number of fused-ring (bicyclic) bond motifs is 1. The first-order chi connectivity index (χ1) is 13.5. The fourth-order valence-corrected chi connectivity index (χ4v) is 3.99. The first-order valence-corrected chi connectivity index (χ1v) is 9.61. The highest BCUT2D eigenvalue weighted by Crippen LogP contribution is 2.27. The number of likely N-dealkylation sites (N-methyl/N-ethyl adjacent to an activating group) is 2. The van der Waals surface area contributed by atoms with Crippen LogP contribution in [0.2, 0.25) is 0 Å². The van der Waals surface area contributed by atoms with Gasteiger partial charge in [0.2, 0.25) is 0 Å². The summed E-state index contributed by atoms with van der Waals surface area (Å²) in [6, 6.07) is 5.23. The van der Waals surface area contributed by atoms with Gasteiger partial charge >= 0.3 is 6.03 Å². The van der Waals surface area contributed by atoms with Gasteiger partial charge in [-0.2, -0.15) is 0 Å². The number of carbonyl (C=O) groups excluding carboxylic acids is 2. The summed E-state index contributed by atoms with van der Waals surface area (Å²) in [5, 5.41) is 2.41. The first-order valence-electron chi connectivity index (χ1n) is 9.61. The molecule has 2 unspecified atom stereocenters. The average Bonchev–Trinajstić information content (AvgIpc) is 3.08. The van der Waals surface area contributed by atoms with Gasteiger partial charge in [-0.05, 0) is 24.2 Å². The van der Waals surface area contributed by atoms with Crippen molar-refractivity contribution in [1.82, 2.24) is 24.9 Å². The number of hydrogen-bond acceptors (Lipinski definition) is 6. The Hall–Kier alpha value is -2.68. The monoisotopic (exact) mass is 388 g/mol. The Balaban J connectivity index is 1.63. The van der Waals surface area contributed by atoms with E-state index in [2.05, 4.69) is 22.0 Å². The molecule has 0 saturated carbocycles. The van der Waals surface area contributed by atoms with E-state index in [-0.39, 0.29) is 11.7 Å². The second-order valence-corrected chi connectivity index (χ2v) is 7.37. The van der Waals surface area contributed by atoms with Crippen LogP contribution < -0.4 is 5.32 Å². The summed E-state index contributed by atoms with van der Waals surface area (Å²) in [7, 11) is 1.65. The molecule has 150 valence electrons. The maximum Gasteiger partial charge on any atom is 0.325 e. The van der Waals surface area contributed by atoms with Gasteiger partial charge in [0.05, 0.1) is 0 Å². The van der Waals surface area contributed by atoms with E-state index in [1.807, 2.05) is 4.90 Å². The van der Waals surface area contributed by atoms with Gasteiger partial charge in [0.15, 0.2) is 18.2 Å². The number of rotatable bonds is 3. The largest absolute Gasteiger partial charge is 0.340 e. The quantitative estimate of drug-likeness (QED) is 0.817. The lowest BCUT2D eigenvalue weighted by Gasteiger charge is -2.40. The third-order valence-electron chi connectivity index (χ3n) is 5.71. The van der Waals surface area contributed by atoms with Crippen molar-refractivity contribution >= 4 is 17.9 Å². The molecule has 0 spiro atoms. The number of urea groups is 1. The Labute approximate surface area is 163 Å². The number of piperazine rings is 1. The number of guanidine groups is 1. The smallest absolute Gasteiger partial charge is 0.325 e. The number of amides is 3. The molecular weight excluding hydrogens is 363 g/mol. The van der Waals surface area contributed by atoms with E-state index in [1.165, 1.54) is 17.0 Å². The second-order valence-electron chi connectivity index (χ2n) is 7.37. The van der Waals surface area contributed by atoms with Gasteiger partial charge in [-0.15, -0.1) is 0 Å². The van der Waals surface area contributed by atoms with E-state index in [0.717, 1.165) is 44.2 Å². The van der Waals surface area contributed by atoms with E-state index in [9.17, 15) is 14.0 Å². The van der Waals surface area contributed by atoms with Crippen LogP contribution in [0.3, 0.4) is 0 Å². The van der Waals surface area contributed by atoms with Crippen molar-refractivity contribution in [3.05, 3.63) is 35.6 Å². The number of halogens is 1. The molecule has 0 aliphatic carbocycles. The maximum absolute atomic E-state index is 13.3. The van der Waals surface area contributed by atoms with Crippen LogP contribution in [0.25, 0.3) is 0 Å². The average molecular weight is 388 g/mol. The predicted molar refractivity (Wildman–Crippen MR) is 102 cm³/mol.